The van der Waals surface area contributed by atoms with Gasteiger partial charge in [-0.25, -0.2) is 0 Å². The van der Waals surface area contributed by atoms with Crippen molar-refractivity contribution in [2.24, 2.45) is 5.73 Å². The minimum Gasteiger partial charge on any atom is -0.368 e. The number of rotatable bonds is 4. The highest BCUT2D eigenvalue weighted by Crippen LogP contribution is 2.23. The smallest absolute Gasteiger partial charge is 0.368 e. The molecule has 0 heterocycles. The summed E-state index contributed by atoms with van der Waals surface area (Å²) in [5.41, 5.74) is 8.33. The van der Waals surface area contributed by atoms with Gasteiger partial charge in [-0.3, -0.25) is 10.1 Å². The Morgan fingerprint density at radius 2 is 1.74 bits per heavy atom. The Morgan fingerprint density at radius 3 is 2.21 bits per heavy atom. The molecule has 0 aliphatic heterocycles. The third-order valence-electron chi connectivity index (χ3n) is 2.98. The van der Waals surface area contributed by atoms with Crippen LogP contribution in [0, 0.1) is 20.8 Å². The van der Waals surface area contributed by atoms with Crippen molar-refractivity contribution < 1.29 is 18.0 Å². The molecule has 6 heteroatoms. The van der Waals surface area contributed by atoms with Gasteiger partial charge in [0.2, 0.25) is 5.91 Å². The first kappa shape index (κ1) is 15.5. The van der Waals surface area contributed by atoms with Crippen molar-refractivity contribution >= 4 is 5.91 Å². The minimum absolute atomic E-state index is 0.486. The Labute approximate surface area is 110 Å². The summed E-state index contributed by atoms with van der Waals surface area (Å²) < 4.78 is 36.7. The van der Waals surface area contributed by atoms with Gasteiger partial charge in [-0.1, -0.05) is 12.1 Å². The van der Waals surface area contributed by atoms with E-state index >= 15 is 0 Å². The first-order valence-corrected chi connectivity index (χ1v) is 5.79. The molecule has 0 bridgehead atoms. The number of benzene rings is 1. The van der Waals surface area contributed by atoms with Crippen molar-refractivity contribution in [2.45, 2.75) is 33.0 Å². The van der Waals surface area contributed by atoms with Crippen LogP contribution >= 0.6 is 0 Å². The SMILES string of the molecule is Cc1cc(C)c(C(NCC(F)(F)F)C(N)=O)cc1C. The van der Waals surface area contributed by atoms with E-state index in [1.54, 1.807) is 13.0 Å². The average Bonchev–Trinajstić information content (AvgIpc) is 2.23. The van der Waals surface area contributed by atoms with Gasteiger partial charge >= 0.3 is 6.18 Å². The predicted molar refractivity (Wildman–Crippen MR) is 66.6 cm³/mol. The van der Waals surface area contributed by atoms with E-state index in [4.69, 9.17) is 5.73 Å². The normalized spacial score (nSPS) is 13.4. The van der Waals surface area contributed by atoms with Gasteiger partial charge < -0.3 is 5.73 Å². The lowest BCUT2D eigenvalue weighted by Crippen LogP contribution is -2.39. The number of alkyl halides is 3. The third-order valence-corrected chi connectivity index (χ3v) is 2.98. The molecule has 1 rings (SSSR count). The van der Waals surface area contributed by atoms with E-state index < -0.39 is 24.7 Å². The standard InChI is InChI=1S/C13H17F3N2O/c1-7-4-9(3)10(5-8(7)2)11(12(17)19)18-6-13(14,15)16/h4-5,11,18H,6H2,1-3H3,(H2,17,19). The number of carbonyl (C=O) groups excluding carboxylic acids is 1. The molecule has 3 N–H and O–H groups in total. The molecule has 19 heavy (non-hydrogen) atoms. The number of nitrogens with two attached hydrogens (primary N) is 1. The molecule has 1 unspecified atom stereocenters. The Balaban J connectivity index is 3.06. The van der Waals surface area contributed by atoms with Crippen LogP contribution in [0.25, 0.3) is 0 Å². The maximum atomic E-state index is 12.2. The summed E-state index contributed by atoms with van der Waals surface area (Å²) in [7, 11) is 0. The van der Waals surface area contributed by atoms with Crippen molar-refractivity contribution in [1.29, 1.82) is 0 Å². The van der Waals surface area contributed by atoms with Crippen molar-refractivity contribution in [3.8, 4) is 0 Å². The number of primary amides is 1. The molecule has 1 aromatic rings. The highest BCUT2D eigenvalue weighted by molar-refractivity contribution is 5.82. The Hall–Kier alpha value is -1.56. The summed E-state index contributed by atoms with van der Waals surface area (Å²) in [5.74, 6) is -0.824. The number of hydrogen-bond acceptors (Lipinski definition) is 2. The summed E-state index contributed by atoms with van der Waals surface area (Å²) in [4.78, 5) is 11.4. The zero-order chi connectivity index (χ0) is 14.8. The molecule has 0 spiro atoms. The lowest BCUT2D eigenvalue weighted by atomic mass is 9.95. The second-order valence-corrected chi connectivity index (χ2v) is 4.62. The van der Waals surface area contributed by atoms with E-state index in [1.165, 1.54) is 0 Å². The van der Waals surface area contributed by atoms with Crippen molar-refractivity contribution in [2.75, 3.05) is 6.54 Å². The number of halogens is 3. The Kier molecular flexibility index (Phi) is 4.57. The van der Waals surface area contributed by atoms with Gasteiger partial charge in [0.05, 0.1) is 6.54 Å². The Morgan fingerprint density at radius 1 is 1.21 bits per heavy atom. The zero-order valence-corrected chi connectivity index (χ0v) is 11.1. The number of carbonyl (C=O) groups is 1. The number of amides is 1. The van der Waals surface area contributed by atoms with E-state index in [2.05, 4.69) is 5.32 Å². The van der Waals surface area contributed by atoms with Gasteiger partial charge in [-0.05, 0) is 43.0 Å². The number of aryl methyl sites for hydroxylation is 3. The van der Waals surface area contributed by atoms with Crippen molar-refractivity contribution in [3.05, 3.63) is 34.4 Å². The molecule has 1 amide bonds. The van der Waals surface area contributed by atoms with Crippen LogP contribution in [0.15, 0.2) is 12.1 Å². The summed E-state index contributed by atoms with van der Waals surface area (Å²) in [6.07, 6.45) is -4.39. The van der Waals surface area contributed by atoms with Gasteiger partial charge in [0.25, 0.3) is 0 Å². The van der Waals surface area contributed by atoms with Crippen LogP contribution < -0.4 is 11.1 Å². The molecule has 1 aromatic carbocycles. The molecule has 0 saturated carbocycles. The molecule has 3 nitrogen and oxygen atoms in total. The average molecular weight is 274 g/mol. The maximum Gasteiger partial charge on any atom is 0.401 e. The van der Waals surface area contributed by atoms with Gasteiger partial charge in [0.15, 0.2) is 0 Å². The summed E-state index contributed by atoms with van der Waals surface area (Å²) in [6.45, 7) is 4.22. The van der Waals surface area contributed by atoms with Crippen molar-refractivity contribution in [1.82, 2.24) is 5.32 Å². The predicted octanol–water partition coefficient (Wildman–Crippen LogP) is 2.29. The molecule has 106 valence electrons. The highest BCUT2D eigenvalue weighted by Gasteiger charge is 2.30. The summed E-state index contributed by atoms with van der Waals surface area (Å²) in [6, 6.07) is 2.39. The fraction of sp³-hybridized carbons (Fsp3) is 0.462. The highest BCUT2D eigenvalue weighted by atomic mass is 19.4. The fourth-order valence-electron chi connectivity index (χ4n) is 1.88. The first-order valence-electron chi connectivity index (χ1n) is 5.79. The monoisotopic (exact) mass is 274 g/mol. The summed E-state index contributed by atoms with van der Waals surface area (Å²) >= 11 is 0. The van der Waals surface area contributed by atoms with Gasteiger partial charge in [-0.15, -0.1) is 0 Å². The lowest BCUT2D eigenvalue weighted by molar-refractivity contribution is -0.130. The number of nitrogens with one attached hydrogen (secondary N) is 1. The molecule has 0 fully saturated rings. The molecule has 0 radical (unpaired) electrons. The topological polar surface area (TPSA) is 55.1 Å². The van der Waals surface area contributed by atoms with E-state index in [-0.39, 0.29) is 0 Å². The minimum atomic E-state index is -4.39. The van der Waals surface area contributed by atoms with Crippen LogP contribution in [0.4, 0.5) is 13.2 Å². The van der Waals surface area contributed by atoms with Crippen LogP contribution in [-0.2, 0) is 4.79 Å². The lowest BCUT2D eigenvalue weighted by Gasteiger charge is -2.20. The zero-order valence-electron chi connectivity index (χ0n) is 11.1. The third kappa shape index (κ3) is 4.24. The van der Waals surface area contributed by atoms with Crippen LogP contribution in [0.2, 0.25) is 0 Å². The van der Waals surface area contributed by atoms with Gasteiger partial charge in [0, 0.05) is 0 Å². The quantitative estimate of drug-likeness (QED) is 0.885. The largest absolute Gasteiger partial charge is 0.401 e. The first-order chi connectivity index (χ1) is 8.61. The molecule has 0 aliphatic carbocycles. The molecule has 1 atom stereocenters. The van der Waals surface area contributed by atoms with E-state index in [9.17, 15) is 18.0 Å². The van der Waals surface area contributed by atoms with Gasteiger partial charge in [0.1, 0.15) is 6.04 Å². The van der Waals surface area contributed by atoms with E-state index in [0.717, 1.165) is 16.7 Å². The molecule has 0 aromatic heterocycles. The molecule has 0 aliphatic rings. The maximum absolute atomic E-state index is 12.2. The Bertz CT molecular complexity index is 484. The molecular weight excluding hydrogens is 257 g/mol. The van der Waals surface area contributed by atoms with Crippen LogP contribution in [0.1, 0.15) is 28.3 Å². The molecular formula is C13H17F3N2O. The second-order valence-electron chi connectivity index (χ2n) is 4.62. The van der Waals surface area contributed by atoms with Crippen LogP contribution in [0.3, 0.4) is 0 Å². The van der Waals surface area contributed by atoms with Crippen LogP contribution in [0.5, 0.6) is 0 Å². The summed E-state index contributed by atoms with van der Waals surface area (Å²) in [5, 5.41) is 2.16. The van der Waals surface area contributed by atoms with E-state index in [1.807, 2.05) is 19.9 Å². The number of hydrogen-bond donors (Lipinski definition) is 2. The van der Waals surface area contributed by atoms with Crippen molar-refractivity contribution in [3.63, 3.8) is 0 Å². The fourth-order valence-corrected chi connectivity index (χ4v) is 1.88. The van der Waals surface area contributed by atoms with E-state index in [0.29, 0.717) is 5.56 Å². The van der Waals surface area contributed by atoms with Gasteiger partial charge in [-0.2, -0.15) is 13.2 Å². The van der Waals surface area contributed by atoms with Crippen LogP contribution in [-0.4, -0.2) is 18.6 Å². The second kappa shape index (κ2) is 5.61. The molecule has 0 saturated heterocycles.